The molecule has 2 aromatic carbocycles. The van der Waals surface area contributed by atoms with Crippen molar-refractivity contribution >= 4 is 46.6 Å². The number of anilines is 2. The summed E-state index contributed by atoms with van der Waals surface area (Å²) in [5.74, 6) is 0.926. The average molecular weight is 363 g/mol. The van der Waals surface area contributed by atoms with Gasteiger partial charge >= 0.3 is 0 Å². The van der Waals surface area contributed by atoms with Crippen LogP contribution in [-0.4, -0.2) is 17.6 Å². The molecule has 126 valence electrons. The Labute approximate surface area is 151 Å². The number of hydrogen-bond acceptors (Lipinski definition) is 3. The molecule has 2 rings (SSSR count). The van der Waals surface area contributed by atoms with Gasteiger partial charge in [-0.1, -0.05) is 36.7 Å². The van der Waals surface area contributed by atoms with Crippen molar-refractivity contribution in [2.45, 2.75) is 19.1 Å². The predicted molar refractivity (Wildman–Crippen MR) is 102 cm³/mol. The van der Waals surface area contributed by atoms with Gasteiger partial charge in [0.2, 0.25) is 11.8 Å². The molecule has 24 heavy (non-hydrogen) atoms. The summed E-state index contributed by atoms with van der Waals surface area (Å²) >= 11 is 7.46. The normalized spacial score (nSPS) is 10.2. The smallest absolute Gasteiger partial charge is 0.234 e. The van der Waals surface area contributed by atoms with E-state index in [-0.39, 0.29) is 11.8 Å². The highest BCUT2D eigenvalue weighted by atomic mass is 35.5. The zero-order valence-electron chi connectivity index (χ0n) is 13.3. The number of benzene rings is 2. The maximum Gasteiger partial charge on any atom is 0.234 e. The fraction of sp³-hybridized carbons (Fsp3) is 0.222. The summed E-state index contributed by atoms with van der Waals surface area (Å²) in [6.45, 7) is 1.79. The maximum absolute atomic E-state index is 12.0. The number of rotatable bonds is 7. The van der Waals surface area contributed by atoms with Gasteiger partial charge in [-0.05, 0) is 35.9 Å². The molecule has 0 fully saturated rings. The third-order valence-electron chi connectivity index (χ3n) is 3.14. The molecule has 0 saturated heterocycles. The van der Waals surface area contributed by atoms with Gasteiger partial charge in [-0.2, -0.15) is 0 Å². The fourth-order valence-electron chi connectivity index (χ4n) is 2.01. The van der Waals surface area contributed by atoms with Crippen molar-refractivity contribution in [2.24, 2.45) is 0 Å². The van der Waals surface area contributed by atoms with E-state index in [1.165, 1.54) is 11.8 Å². The zero-order valence-corrected chi connectivity index (χ0v) is 14.9. The van der Waals surface area contributed by atoms with Gasteiger partial charge in [0.25, 0.3) is 0 Å². The van der Waals surface area contributed by atoms with Crippen LogP contribution < -0.4 is 10.6 Å². The number of nitrogens with one attached hydrogen (secondary N) is 2. The van der Waals surface area contributed by atoms with Gasteiger partial charge in [0.15, 0.2) is 0 Å². The van der Waals surface area contributed by atoms with Gasteiger partial charge in [-0.15, -0.1) is 11.8 Å². The minimum atomic E-state index is -0.0824. The van der Waals surface area contributed by atoms with Crippen LogP contribution >= 0.6 is 23.4 Å². The Morgan fingerprint density at radius 3 is 2.33 bits per heavy atom. The SMILES string of the molecule is CCC(=O)Nc1cccc(NC(=O)CSCc2cccc(Cl)c2)c1. The molecule has 0 spiro atoms. The number of hydrogen-bond donors (Lipinski definition) is 2. The number of carbonyl (C=O) groups excluding carboxylic acids is 2. The Balaban J connectivity index is 1.81. The summed E-state index contributed by atoms with van der Waals surface area (Å²) in [6.07, 6.45) is 0.413. The summed E-state index contributed by atoms with van der Waals surface area (Å²) in [4.78, 5) is 23.4. The molecule has 0 heterocycles. The van der Waals surface area contributed by atoms with Crippen molar-refractivity contribution in [1.29, 1.82) is 0 Å². The molecular formula is C18H19ClN2O2S. The molecule has 0 atom stereocenters. The van der Waals surface area contributed by atoms with Crippen LogP contribution in [0.2, 0.25) is 5.02 Å². The molecule has 2 N–H and O–H groups in total. The molecule has 0 aliphatic heterocycles. The van der Waals surface area contributed by atoms with E-state index in [2.05, 4.69) is 10.6 Å². The molecule has 0 aliphatic rings. The highest BCUT2D eigenvalue weighted by molar-refractivity contribution is 7.99. The zero-order chi connectivity index (χ0) is 17.4. The van der Waals surface area contributed by atoms with Crippen molar-refractivity contribution in [3.05, 3.63) is 59.1 Å². The first kappa shape index (κ1) is 18.4. The molecule has 0 unspecified atom stereocenters. The monoisotopic (exact) mass is 362 g/mol. The Bertz CT molecular complexity index is 722. The van der Waals surface area contributed by atoms with Crippen LogP contribution in [0.4, 0.5) is 11.4 Å². The predicted octanol–water partition coefficient (Wildman–Crippen LogP) is 4.56. The first-order valence-corrected chi connectivity index (χ1v) is 9.12. The summed E-state index contributed by atoms with van der Waals surface area (Å²) in [5.41, 5.74) is 2.42. The summed E-state index contributed by atoms with van der Waals surface area (Å²) in [6, 6.07) is 14.7. The van der Waals surface area contributed by atoms with Crippen molar-refractivity contribution in [2.75, 3.05) is 16.4 Å². The summed E-state index contributed by atoms with van der Waals surface area (Å²) < 4.78 is 0. The maximum atomic E-state index is 12.0. The Hall–Kier alpha value is -1.98. The molecule has 6 heteroatoms. The minimum absolute atomic E-state index is 0.0597. The van der Waals surface area contributed by atoms with Crippen LogP contribution in [0.5, 0.6) is 0 Å². The standard InChI is InChI=1S/C18H19ClN2O2S/c1-2-17(22)20-15-7-4-8-16(10-15)21-18(23)12-24-11-13-5-3-6-14(19)9-13/h3-10H,2,11-12H2,1H3,(H,20,22)(H,21,23). The van der Waals surface area contributed by atoms with Gasteiger partial charge in [-0.25, -0.2) is 0 Å². The van der Waals surface area contributed by atoms with Crippen molar-refractivity contribution in [3.8, 4) is 0 Å². The highest BCUT2D eigenvalue weighted by Gasteiger charge is 2.05. The van der Waals surface area contributed by atoms with Crippen molar-refractivity contribution in [1.82, 2.24) is 0 Å². The van der Waals surface area contributed by atoms with Crippen LogP contribution in [-0.2, 0) is 15.3 Å². The molecule has 2 aromatic rings. The van der Waals surface area contributed by atoms with Gasteiger partial charge in [0.05, 0.1) is 5.75 Å². The molecule has 0 saturated carbocycles. The molecule has 0 radical (unpaired) electrons. The molecule has 0 bridgehead atoms. The first-order chi connectivity index (χ1) is 11.6. The number of halogens is 1. The fourth-order valence-corrected chi connectivity index (χ4v) is 3.00. The van der Waals surface area contributed by atoms with E-state index in [1.54, 1.807) is 31.2 Å². The lowest BCUT2D eigenvalue weighted by Crippen LogP contribution is -2.15. The second-order valence-corrected chi connectivity index (χ2v) is 6.58. The molecule has 2 amide bonds. The minimum Gasteiger partial charge on any atom is -0.326 e. The van der Waals surface area contributed by atoms with Crippen LogP contribution in [0.25, 0.3) is 0 Å². The van der Waals surface area contributed by atoms with E-state index in [0.29, 0.717) is 28.6 Å². The second-order valence-electron chi connectivity index (χ2n) is 5.15. The second kappa shape index (κ2) is 9.35. The van der Waals surface area contributed by atoms with Gasteiger partial charge in [0, 0.05) is 28.6 Å². The molecule has 0 aliphatic carbocycles. The van der Waals surface area contributed by atoms with Gasteiger partial charge in [-0.3, -0.25) is 9.59 Å². The lowest BCUT2D eigenvalue weighted by Gasteiger charge is -2.08. The van der Waals surface area contributed by atoms with Crippen molar-refractivity contribution in [3.63, 3.8) is 0 Å². The van der Waals surface area contributed by atoms with E-state index >= 15 is 0 Å². The third kappa shape index (κ3) is 6.26. The Morgan fingerprint density at radius 2 is 1.67 bits per heavy atom. The van der Waals surface area contributed by atoms with E-state index in [1.807, 2.05) is 24.3 Å². The third-order valence-corrected chi connectivity index (χ3v) is 4.38. The Kier molecular flexibility index (Phi) is 7.15. The summed E-state index contributed by atoms with van der Waals surface area (Å²) in [7, 11) is 0. The largest absolute Gasteiger partial charge is 0.326 e. The van der Waals surface area contributed by atoms with E-state index in [9.17, 15) is 9.59 Å². The first-order valence-electron chi connectivity index (χ1n) is 7.59. The van der Waals surface area contributed by atoms with Crippen LogP contribution in [0.3, 0.4) is 0 Å². The van der Waals surface area contributed by atoms with Crippen LogP contribution in [0.1, 0.15) is 18.9 Å². The highest BCUT2D eigenvalue weighted by Crippen LogP contribution is 2.18. The number of amides is 2. The lowest BCUT2D eigenvalue weighted by atomic mass is 10.2. The average Bonchev–Trinajstić information content (AvgIpc) is 2.55. The molecule has 4 nitrogen and oxygen atoms in total. The van der Waals surface area contributed by atoms with Crippen LogP contribution in [0.15, 0.2) is 48.5 Å². The van der Waals surface area contributed by atoms with Gasteiger partial charge < -0.3 is 10.6 Å². The summed E-state index contributed by atoms with van der Waals surface area (Å²) in [5, 5.41) is 6.30. The number of carbonyl (C=O) groups is 2. The molecular weight excluding hydrogens is 344 g/mol. The van der Waals surface area contributed by atoms with Crippen molar-refractivity contribution < 1.29 is 9.59 Å². The quantitative estimate of drug-likeness (QED) is 0.759. The van der Waals surface area contributed by atoms with E-state index in [0.717, 1.165) is 11.3 Å². The number of thioether (sulfide) groups is 1. The van der Waals surface area contributed by atoms with E-state index < -0.39 is 0 Å². The van der Waals surface area contributed by atoms with Gasteiger partial charge in [0.1, 0.15) is 0 Å². The topological polar surface area (TPSA) is 58.2 Å². The van der Waals surface area contributed by atoms with E-state index in [4.69, 9.17) is 11.6 Å². The molecule has 0 aromatic heterocycles. The Morgan fingerprint density at radius 1 is 1.00 bits per heavy atom. The van der Waals surface area contributed by atoms with Crippen LogP contribution in [0, 0.1) is 0 Å². The lowest BCUT2D eigenvalue weighted by molar-refractivity contribution is -0.116.